The van der Waals surface area contributed by atoms with E-state index in [0.29, 0.717) is 38.0 Å². The molecule has 0 radical (unpaired) electrons. The number of piperidine rings is 1. The number of benzene rings is 1. The van der Waals surface area contributed by atoms with Crippen molar-refractivity contribution >= 4 is 15.9 Å². The normalized spacial score (nSPS) is 22.4. The van der Waals surface area contributed by atoms with Gasteiger partial charge in [0.05, 0.1) is 11.9 Å². The lowest BCUT2D eigenvalue weighted by molar-refractivity contribution is -0.126. The zero-order valence-corrected chi connectivity index (χ0v) is 15.5. The molecule has 144 valence electrons. The van der Waals surface area contributed by atoms with Gasteiger partial charge in [-0.1, -0.05) is 12.1 Å². The number of carbonyl (C=O) groups excluding carboxylic acids is 1. The fraction of sp³-hybridized carbons (Fsp3) is 0.611. The summed E-state index contributed by atoms with van der Waals surface area (Å²) in [4.78, 5) is 12.3. The zero-order valence-electron chi connectivity index (χ0n) is 14.7. The van der Waals surface area contributed by atoms with Gasteiger partial charge in [0.2, 0.25) is 15.9 Å². The third-order valence-electron chi connectivity index (χ3n) is 5.01. The van der Waals surface area contributed by atoms with Gasteiger partial charge in [0.25, 0.3) is 0 Å². The number of rotatable bonds is 6. The van der Waals surface area contributed by atoms with Crippen LogP contribution in [-0.4, -0.2) is 51.0 Å². The molecule has 1 atom stereocenters. The van der Waals surface area contributed by atoms with Crippen molar-refractivity contribution in [1.29, 1.82) is 0 Å². The van der Waals surface area contributed by atoms with Crippen molar-refractivity contribution in [3.05, 3.63) is 35.6 Å². The minimum Gasteiger partial charge on any atom is -0.376 e. The molecule has 6 nitrogen and oxygen atoms in total. The topological polar surface area (TPSA) is 75.7 Å². The fourth-order valence-corrected chi connectivity index (χ4v) is 5.01. The lowest BCUT2D eigenvalue weighted by Gasteiger charge is -2.30. The molecule has 0 bridgehead atoms. The number of nitrogens with zero attached hydrogens (tertiary/aromatic N) is 1. The maximum Gasteiger partial charge on any atom is 0.223 e. The summed E-state index contributed by atoms with van der Waals surface area (Å²) < 4.78 is 44.9. The average molecular weight is 384 g/mol. The van der Waals surface area contributed by atoms with Crippen molar-refractivity contribution in [2.75, 3.05) is 26.2 Å². The molecule has 8 heteroatoms. The van der Waals surface area contributed by atoms with Gasteiger partial charge in [-0.2, -0.15) is 0 Å². The van der Waals surface area contributed by atoms with E-state index in [1.54, 1.807) is 0 Å². The number of carbonyl (C=O) groups is 1. The van der Waals surface area contributed by atoms with Gasteiger partial charge in [0, 0.05) is 32.2 Å². The van der Waals surface area contributed by atoms with Gasteiger partial charge in [-0.25, -0.2) is 17.1 Å². The van der Waals surface area contributed by atoms with Crippen LogP contribution in [0.25, 0.3) is 0 Å². The summed E-state index contributed by atoms with van der Waals surface area (Å²) >= 11 is 0. The van der Waals surface area contributed by atoms with E-state index in [1.165, 1.54) is 28.6 Å². The number of hydrogen-bond acceptors (Lipinski definition) is 4. The highest BCUT2D eigenvalue weighted by Gasteiger charge is 2.31. The van der Waals surface area contributed by atoms with Crippen LogP contribution in [0.2, 0.25) is 0 Å². The van der Waals surface area contributed by atoms with Crippen LogP contribution in [0.5, 0.6) is 0 Å². The Kier molecular flexibility index (Phi) is 6.26. The molecular weight excluding hydrogens is 359 g/mol. The lowest BCUT2D eigenvalue weighted by atomic mass is 9.97. The molecule has 0 saturated carbocycles. The Balaban J connectivity index is 1.47. The fourth-order valence-electron chi connectivity index (χ4n) is 3.44. The van der Waals surface area contributed by atoms with Gasteiger partial charge in [-0.05, 0) is 43.4 Å². The highest BCUT2D eigenvalue weighted by Crippen LogP contribution is 2.22. The largest absolute Gasteiger partial charge is 0.376 e. The van der Waals surface area contributed by atoms with Gasteiger partial charge in [0.15, 0.2) is 0 Å². The van der Waals surface area contributed by atoms with Crippen LogP contribution < -0.4 is 5.32 Å². The smallest absolute Gasteiger partial charge is 0.223 e. The molecule has 2 heterocycles. The number of ether oxygens (including phenoxy) is 1. The molecular formula is C18H25FN2O4S. The summed E-state index contributed by atoms with van der Waals surface area (Å²) in [5, 5.41) is 2.93. The molecule has 0 aromatic heterocycles. The maximum atomic E-state index is 12.9. The van der Waals surface area contributed by atoms with Crippen LogP contribution in [0.15, 0.2) is 24.3 Å². The first-order chi connectivity index (χ1) is 12.4. The molecule has 1 N–H and O–H groups in total. The third kappa shape index (κ3) is 5.02. The second-order valence-electron chi connectivity index (χ2n) is 6.94. The van der Waals surface area contributed by atoms with E-state index >= 15 is 0 Å². The first kappa shape index (κ1) is 19.3. The van der Waals surface area contributed by atoms with E-state index in [1.807, 2.05) is 0 Å². The third-order valence-corrected chi connectivity index (χ3v) is 6.86. The van der Waals surface area contributed by atoms with E-state index in [0.717, 1.165) is 19.4 Å². The molecule has 0 aliphatic carbocycles. The summed E-state index contributed by atoms with van der Waals surface area (Å²) in [7, 11) is -3.46. The van der Waals surface area contributed by atoms with Gasteiger partial charge >= 0.3 is 0 Å². The van der Waals surface area contributed by atoms with Crippen LogP contribution in [-0.2, 0) is 25.3 Å². The number of nitrogens with one attached hydrogen (secondary N) is 1. The Labute approximate surface area is 153 Å². The molecule has 2 fully saturated rings. The summed E-state index contributed by atoms with van der Waals surface area (Å²) in [5.41, 5.74) is 0.558. The molecule has 0 spiro atoms. The van der Waals surface area contributed by atoms with Crippen LogP contribution in [0.1, 0.15) is 31.2 Å². The average Bonchev–Trinajstić information content (AvgIpc) is 3.15. The quantitative estimate of drug-likeness (QED) is 0.809. The number of sulfonamides is 1. The summed E-state index contributed by atoms with van der Waals surface area (Å²) in [6.45, 7) is 1.95. The van der Waals surface area contributed by atoms with Crippen LogP contribution >= 0.6 is 0 Å². The lowest BCUT2D eigenvalue weighted by Crippen LogP contribution is -2.44. The highest BCUT2D eigenvalue weighted by atomic mass is 32.2. The van der Waals surface area contributed by atoms with E-state index in [-0.39, 0.29) is 29.5 Å². The van der Waals surface area contributed by atoms with Crippen molar-refractivity contribution in [1.82, 2.24) is 9.62 Å². The predicted molar refractivity (Wildman–Crippen MR) is 95.3 cm³/mol. The molecule has 2 aliphatic rings. The number of hydrogen-bond donors (Lipinski definition) is 1. The van der Waals surface area contributed by atoms with Crippen LogP contribution in [0, 0.1) is 11.7 Å². The molecule has 3 rings (SSSR count). The molecule has 1 amide bonds. The minimum absolute atomic E-state index is 0.0175. The highest BCUT2D eigenvalue weighted by molar-refractivity contribution is 7.88. The van der Waals surface area contributed by atoms with Crippen molar-refractivity contribution < 1.29 is 22.3 Å². The standard InChI is InChI=1S/C18H25FN2O4S/c19-16-5-3-14(4-6-16)13-26(23,24)21-9-7-15(8-10-21)18(22)20-12-17-2-1-11-25-17/h3-6,15,17H,1-2,7-13H2,(H,20,22)/t17-/m1/s1. The van der Waals surface area contributed by atoms with E-state index in [4.69, 9.17) is 4.74 Å². The minimum atomic E-state index is -3.46. The first-order valence-corrected chi connectivity index (χ1v) is 10.7. The van der Waals surface area contributed by atoms with E-state index < -0.39 is 10.0 Å². The monoisotopic (exact) mass is 384 g/mol. The van der Waals surface area contributed by atoms with Crippen molar-refractivity contribution in [3.63, 3.8) is 0 Å². The summed E-state index contributed by atoms with van der Waals surface area (Å²) in [5.74, 6) is -0.714. The van der Waals surface area contributed by atoms with Crippen LogP contribution in [0.3, 0.4) is 0 Å². The molecule has 26 heavy (non-hydrogen) atoms. The van der Waals surface area contributed by atoms with Gasteiger partial charge in [-0.15, -0.1) is 0 Å². The Bertz CT molecular complexity index is 709. The van der Waals surface area contributed by atoms with Crippen molar-refractivity contribution in [2.24, 2.45) is 5.92 Å². The van der Waals surface area contributed by atoms with Crippen molar-refractivity contribution in [3.8, 4) is 0 Å². The second-order valence-corrected chi connectivity index (χ2v) is 8.91. The zero-order chi connectivity index (χ0) is 18.6. The van der Waals surface area contributed by atoms with Gasteiger partial charge in [-0.3, -0.25) is 4.79 Å². The first-order valence-electron chi connectivity index (χ1n) is 9.05. The SMILES string of the molecule is O=C(NC[C@H]1CCCO1)C1CCN(S(=O)(=O)Cc2ccc(F)cc2)CC1. The van der Waals surface area contributed by atoms with E-state index in [2.05, 4.69) is 5.32 Å². The molecule has 2 saturated heterocycles. The second kappa shape index (κ2) is 8.45. The Morgan fingerprint density at radius 3 is 2.50 bits per heavy atom. The maximum absolute atomic E-state index is 12.9. The number of halogens is 1. The predicted octanol–water partition coefficient (Wildman–Crippen LogP) is 1.66. The van der Waals surface area contributed by atoms with Gasteiger partial charge in [0.1, 0.15) is 5.82 Å². The molecule has 2 aliphatic heterocycles. The number of amides is 1. The summed E-state index contributed by atoms with van der Waals surface area (Å²) in [6.07, 6.45) is 3.14. The molecule has 1 aromatic rings. The Morgan fingerprint density at radius 2 is 1.88 bits per heavy atom. The molecule has 0 unspecified atom stereocenters. The van der Waals surface area contributed by atoms with E-state index in [9.17, 15) is 17.6 Å². The summed E-state index contributed by atoms with van der Waals surface area (Å²) in [6, 6.07) is 5.49. The van der Waals surface area contributed by atoms with Crippen LogP contribution in [0.4, 0.5) is 4.39 Å². The Hall–Kier alpha value is -1.51. The van der Waals surface area contributed by atoms with Gasteiger partial charge < -0.3 is 10.1 Å². The molecule has 1 aromatic carbocycles. The Morgan fingerprint density at radius 1 is 1.19 bits per heavy atom. The van der Waals surface area contributed by atoms with Crippen molar-refractivity contribution in [2.45, 2.75) is 37.5 Å².